The van der Waals surface area contributed by atoms with Crippen molar-refractivity contribution in [1.82, 2.24) is 0 Å². The number of Topliss-reactive ketones (excluding diaryl/α,β-unsaturated/α-hetero) is 1. The maximum absolute atomic E-state index is 11.9. The Morgan fingerprint density at radius 1 is 1.32 bits per heavy atom. The molecule has 0 aliphatic carbocycles. The number of benzene rings is 1. The molecular formula is C17H25NO3Si. The van der Waals surface area contributed by atoms with Crippen LogP contribution in [0.4, 0.5) is 0 Å². The third kappa shape index (κ3) is 4.42. The molecular weight excluding hydrogens is 294 g/mol. The van der Waals surface area contributed by atoms with Gasteiger partial charge in [-0.3, -0.25) is 4.79 Å². The van der Waals surface area contributed by atoms with E-state index in [-0.39, 0.29) is 17.4 Å². The minimum atomic E-state index is -1.81. The fraction of sp³-hybridized carbons (Fsp3) is 0.529. The molecule has 22 heavy (non-hydrogen) atoms. The van der Waals surface area contributed by atoms with Gasteiger partial charge in [0, 0.05) is 0 Å². The summed E-state index contributed by atoms with van der Waals surface area (Å²) in [5, 5.41) is 0.155. The molecule has 1 aromatic rings. The zero-order valence-corrected chi connectivity index (χ0v) is 15.3. The third-order valence-corrected chi connectivity index (χ3v) is 8.67. The first-order chi connectivity index (χ1) is 10.1. The summed E-state index contributed by atoms with van der Waals surface area (Å²) in [5.41, 5.74) is 1.43. The van der Waals surface area contributed by atoms with Gasteiger partial charge in [-0.25, -0.2) is 6.57 Å². The Morgan fingerprint density at radius 3 is 2.45 bits per heavy atom. The zero-order chi connectivity index (χ0) is 17.0. The normalized spacial score (nSPS) is 11.9. The van der Waals surface area contributed by atoms with Crippen LogP contribution in [0.3, 0.4) is 0 Å². The van der Waals surface area contributed by atoms with Gasteiger partial charge >= 0.3 is 0 Å². The van der Waals surface area contributed by atoms with Crippen LogP contribution < -0.4 is 4.74 Å². The molecule has 0 heterocycles. The van der Waals surface area contributed by atoms with Gasteiger partial charge in [0.15, 0.2) is 8.32 Å². The van der Waals surface area contributed by atoms with Crippen molar-refractivity contribution in [1.29, 1.82) is 0 Å². The molecule has 0 bridgehead atoms. The Hall–Kier alpha value is -1.64. The fourth-order valence-electron chi connectivity index (χ4n) is 1.69. The molecule has 0 fully saturated rings. The summed E-state index contributed by atoms with van der Waals surface area (Å²) in [6.07, 6.45) is 0. The standard InChI is InChI=1S/C17H25NO3Si/c1-17(2,3)22(6,7)21-12-13-8-9-14(15(19)11-18-4)16(10-13)20-5/h8-10H,11-12H2,1-3,5-7H3. The Kier molecular flexibility index (Phi) is 5.92. The molecule has 5 heteroatoms. The van der Waals surface area contributed by atoms with Crippen LogP contribution in [-0.2, 0) is 11.0 Å². The van der Waals surface area contributed by atoms with E-state index in [1.807, 2.05) is 12.1 Å². The van der Waals surface area contributed by atoms with Crippen LogP contribution in [0.25, 0.3) is 4.85 Å². The maximum atomic E-state index is 11.9. The monoisotopic (exact) mass is 319 g/mol. The molecule has 0 N–H and O–H groups in total. The fourth-order valence-corrected chi connectivity index (χ4v) is 2.65. The van der Waals surface area contributed by atoms with Crippen molar-refractivity contribution in [3.8, 4) is 5.75 Å². The molecule has 0 amide bonds. The van der Waals surface area contributed by atoms with E-state index in [0.717, 1.165) is 5.56 Å². The molecule has 1 rings (SSSR count). The zero-order valence-electron chi connectivity index (χ0n) is 14.3. The van der Waals surface area contributed by atoms with Gasteiger partial charge in [-0.1, -0.05) is 26.8 Å². The Bertz CT molecular complexity index is 583. The third-order valence-electron chi connectivity index (χ3n) is 4.19. The second-order valence-electron chi connectivity index (χ2n) is 6.82. The first kappa shape index (κ1) is 18.4. The van der Waals surface area contributed by atoms with E-state index < -0.39 is 8.32 Å². The van der Waals surface area contributed by atoms with Crippen molar-refractivity contribution in [2.45, 2.75) is 45.5 Å². The van der Waals surface area contributed by atoms with Crippen molar-refractivity contribution in [3.05, 3.63) is 40.7 Å². The number of ether oxygens (including phenoxy) is 1. The smallest absolute Gasteiger partial charge is 0.276 e. The number of methoxy groups -OCH3 is 1. The minimum Gasteiger partial charge on any atom is -0.496 e. The number of rotatable bonds is 6. The molecule has 0 atom stereocenters. The lowest BCUT2D eigenvalue weighted by molar-refractivity contribution is 0.101. The van der Waals surface area contributed by atoms with E-state index in [4.69, 9.17) is 15.7 Å². The molecule has 0 unspecified atom stereocenters. The van der Waals surface area contributed by atoms with Crippen LogP contribution in [-0.4, -0.2) is 27.8 Å². The number of carbonyl (C=O) groups is 1. The first-order valence-electron chi connectivity index (χ1n) is 7.29. The van der Waals surface area contributed by atoms with Crippen molar-refractivity contribution in [2.75, 3.05) is 13.7 Å². The summed E-state index contributed by atoms with van der Waals surface area (Å²) < 4.78 is 11.5. The predicted molar refractivity (Wildman–Crippen MR) is 90.8 cm³/mol. The molecule has 0 aliphatic rings. The van der Waals surface area contributed by atoms with Gasteiger partial charge in [-0.2, -0.15) is 0 Å². The second kappa shape index (κ2) is 7.08. The molecule has 1 aromatic carbocycles. The summed E-state index contributed by atoms with van der Waals surface area (Å²) in [6, 6.07) is 5.41. The number of ketones is 1. The molecule has 0 saturated carbocycles. The lowest BCUT2D eigenvalue weighted by atomic mass is 10.1. The van der Waals surface area contributed by atoms with Crippen LogP contribution >= 0.6 is 0 Å². The van der Waals surface area contributed by atoms with E-state index >= 15 is 0 Å². The van der Waals surface area contributed by atoms with Crippen molar-refractivity contribution in [2.24, 2.45) is 0 Å². The molecule has 4 nitrogen and oxygen atoms in total. The highest BCUT2D eigenvalue weighted by Crippen LogP contribution is 2.37. The minimum absolute atomic E-state index is 0.155. The van der Waals surface area contributed by atoms with Gasteiger partial charge in [0.2, 0.25) is 5.78 Å². The summed E-state index contributed by atoms with van der Waals surface area (Å²) >= 11 is 0. The highest BCUT2D eigenvalue weighted by Gasteiger charge is 2.37. The molecule has 0 aliphatic heterocycles. The second-order valence-corrected chi connectivity index (χ2v) is 11.6. The molecule has 0 aromatic heterocycles. The Labute approximate surface area is 134 Å². The van der Waals surface area contributed by atoms with E-state index in [0.29, 0.717) is 17.9 Å². The lowest BCUT2D eigenvalue weighted by Gasteiger charge is -2.36. The number of nitrogens with zero attached hydrogens (tertiary/aromatic N) is 1. The van der Waals surface area contributed by atoms with Gasteiger partial charge in [-0.05, 0) is 35.8 Å². The van der Waals surface area contributed by atoms with Crippen molar-refractivity contribution >= 4 is 14.1 Å². The Balaban J connectivity index is 2.91. The van der Waals surface area contributed by atoms with E-state index in [1.54, 1.807) is 6.07 Å². The van der Waals surface area contributed by atoms with Crippen LogP contribution in [0.5, 0.6) is 5.75 Å². The Morgan fingerprint density at radius 2 is 1.95 bits per heavy atom. The summed E-state index contributed by atoms with van der Waals surface area (Å²) in [4.78, 5) is 15.0. The first-order valence-corrected chi connectivity index (χ1v) is 10.2. The lowest BCUT2D eigenvalue weighted by Crippen LogP contribution is -2.40. The van der Waals surface area contributed by atoms with Gasteiger partial charge in [0.1, 0.15) is 5.75 Å². The van der Waals surface area contributed by atoms with Crippen molar-refractivity contribution in [3.63, 3.8) is 0 Å². The van der Waals surface area contributed by atoms with Crippen LogP contribution in [0, 0.1) is 6.57 Å². The van der Waals surface area contributed by atoms with Gasteiger partial charge in [0.25, 0.3) is 6.54 Å². The predicted octanol–water partition coefficient (Wildman–Crippen LogP) is 4.32. The molecule has 0 radical (unpaired) electrons. The van der Waals surface area contributed by atoms with E-state index in [2.05, 4.69) is 38.7 Å². The number of hydrogen-bond donors (Lipinski definition) is 0. The highest BCUT2D eigenvalue weighted by atomic mass is 28.4. The highest BCUT2D eigenvalue weighted by molar-refractivity contribution is 6.74. The SMILES string of the molecule is [C-]#[N+]CC(=O)c1ccc(CO[Si](C)(C)C(C)(C)C)cc1OC. The average molecular weight is 319 g/mol. The van der Waals surface area contributed by atoms with Crippen LogP contribution in [0.2, 0.25) is 18.1 Å². The maximum Gasteiger partial charge on any atom is 0.276 e. The van der Waals surface area contributed by atoms with Crippen LogP contribution in [0.15, 0.2) is 18.2 Å². The number of hydrogen-bond acceptors (Lipinski definition) is 3. The summed E-state index contributed by atoms with van der Waals surface area (Å²) in [6.45, 7) is 18.2. The summed E-state index contributed by atoms with van der Waals surface area (Å²) in [5.74, 6) is 0.286. The largest absolute Gasteiger partial charge is 0.496 e. The van der Waals surface area contributed by atoms with E-state index in [9.17, 15) is 4.79 Å². The molecule has 120 valence electrons. The van der Waals surface area contributed by atoms with Crippen molar-refractivity contribution < 1.29 is 14.0 Å². The quantitative estimate of drug-likeness (QED) is 0.445. The van der Waals surface area contributed by atoms with Crippen LogP contribution in [0.1, 0.15) is 36.7 Å². The molecule has 0 spiro atoms. The summed E-state index contributed by atoms with van der Waals surface area (Å²) in [7, 11) is -0.281. The van der Waals surface area contributed by atoms with Gasteiger partial charge in [0.05, 0.1) is 19.3 Å². The number of carbonyl (C=O) groups excluding carboxylic acids is 1. The van der Waals surface area contributed by atoms with Gasteiger partial charge < -0.3 is 14.0 Å². The van der Waals surface area contributed by atoms with Gasteiger partial charge in [-0.15, -0.1) is 0 Å². The molecule has 0 saturated heterocycles. The topological polar surface area (TPSA) is 39.9 Å². The average Bonchev–Trinajstić information content (AvgIpc) is 2.43. The van der Waals surface area contributed by atoms with E-state index in [1.165, 1.54) is 7.11 Å².